The van der Waals surface area contributed by atoms with E-state index in [4.69, 9.17) is 0 Å². The highest BCUT2D eigenvalue weighted by Crippen LogP contribution is 2.29. The second kappa shape index (κ2) is 5.27. The van der Waals surface area contributed by atoms with Crippen molar-refractivity contribution in [1.29, 1.82) is 0 Å². The minimum Gasteiger partial charge on any atom is -0.480 e. The summed E-state index contributed by atoms with van der Waals surface area (Å²) in [5.41, 5.74) is 1.24. The number of carbonyl (C=O) groups excluding carboxylic acids is 1. The van der Waals surface area contributed by atoms with Crippen molar-refractivity contribution in [2.45, 2.75) is 39.2 Å². The summed E-state index contributed by atoms with van der Waals surface area (Å²) in [5, 5.41) is 9.31. The van der Waals surface area contributed by atoms with Crippen molar-refractivity contribution in [3.63, 3.8) is 0 Å². The van der Waals surface area contributed by atoms with Gasteiger partial charge in [-0.3, -0.25) is 4.79 Å². The van der Waals surface area contributed by atoms with Crippen LogP contribution in [0.25, 0.3) is 0 Å². The van der Waals surface area contributed by atoms with Gasteiger partial charge in [-0.25, -0.2) is 4.79 Å². The molecule has 0 atom stereocenters. The molecule has 1 aliphatic rings. The zero-order chi connectivity index (χ0) is 14.9. The highest BCUT2D eigenvalue weighted by molar-refractivity contribution is 5.88. The molecular weight excluding hydrogens is 254 g/mol. The van der Waals surface area contributed by atoms with Gasteiger partial charge in [0.15, 0.2) is 0 Å². The fraction of sp³-hybridized carbons (Fsp3) is 0.500. The monoisotopic (exact) mass is 275 g/mol. The molecule has 1 amide bonds. The van der Waals surface area contributed by atoms with Gasteiger partial charge in [0.2, 0.25) is 5.91 Å². The maximum Gasteiger partial charge on any atom is 0.329 e. The molecule has 2 rings (SSSR count). The van der Waals surface area contributed by atoms with Crippen LogP contribution in [0.2, 0.25) is 0 Å². The average Bonchev–Trinajstić information content (AvgIpc) is 2.82. The molecule has 20 heavy (non-hydrogen) atoms. The Labute approximate surface area is 119 Å². The van der Waals surface area contributed by atoms with Gasteiger partial charge in [-0.05, 0) is 44.7 Å². The standard InChI is InChI=1S/C16H21NO3/c1-4-17(16(2,3)15(19)20)14(18)13-9-11-7-5-6-8-12(11)10-13/h5-8,13H,4,9-10H2,1-3H3,(H,19,20). The van der Waals surface area contributed by atoms with Crippen LogP contribution in [0.3, 0.4) is 0 Å². The second-order valence-corrected chi connectivity index (χ2v) is 5.82. The number of fused-ring (bicyclic) bond motifs is 1. The number of likely N-dealkylation sites (N-methyl/N-ethyl adjacent to an activating group) is 1. The first-order chi connectivity index (χ1) is 9.37. The van der Waals surface area contributed by atoms with Gasteiger partial charge < -0.3 is 10.0 Å². The lowest BCUT2D eigenvalue weighted by Gasteiger charge is -2.36. The van der Waals surface area contributed by atoms with Gasteiger partial charge in [-0.15, -0.1) is 0 Å². The summed E-state index contributed by atoms with van der Waals surface area (Å²) in [4.78, 5) is 25.5. The summed E-state index contributed by atoms with van der Waals surface area (Å²) in [6, 6.07) is 8.04. The Balaban J connectivity index is 2.18. The fourth-order valence-electron chi connectivity index (χ4n) is 2.90. The molecule has 0 radical (unpaired) electrons. The minimum absolute atomic E-state index is 0.0592. The molecule has 1 aliphatic carbocycles. The fourth-order valence-corrected chi connectivity index (χ4v) is 2.90. The zero-order valence-electron chi connectivity index (χ0n) is 12.2. The number of carbonyl (C=O) groups is 2. The molecule has 108 valence electrons. The molecule has 0 heterocycles. The molecule has 1 N–H and O–H groups in total. The third-order valence-corrected chi connectivity index (χ3v) is 4.18. The van der Waals surface area contributed by atoms with Crippen LogP contribution in [-0.4, -0.2) is 34.0 Å². The van der Waals surface area contributed by atoms with Gasteiger partial charge in [-0.1, -0.05) is 24.3 Å². The zero-order valence-corrected chi connectivity index (χ0v) is 12.2. The van der Waals surface area contributed by atoms with Crippen molar-refractivity contribution in [1.82, 2.24) is 4.90 Å². The van der Waals surface area contributed by atoms with Crippen molar-refractivity contribution >= 4 is 11.9 Å². The summed E-state index contributed by atoms with van der Waals surface area (Å²) in [6.45, 7) is 5.40. The summed E-state index contributed by atoms with van der Waals surface area (Å²) in [6.07, 6.45) is 1.42. The van der Waals surface area contributed by atoms with E-state index < -0.39 is 11.5 Å². The number of carboxylic acids is 1. The van der Waals surface area contributed by atoms with Gasteiger partial charge in [0.25, 0.3) is 0 Å². The second-order valence-electron chi connectivity index (χ2n) is 5.82. The molecule has 0 spiro atoms. The Kier molecular flexibility index (Phi) is 3.84. The molecule has 0 fully saturated rings. The molecule has 1 aromatic carbocycles. The SMILES string of the molecule is CCN(C(=O)C1Cc2ccccc2C1)C(C)(C)C(=O)O. The lowest BCUT2D eigenvalue weighted by Crippen LogP contribution is -2.54. The van der Waals surface area contributed by atoms with E-state index in [-0.39, 0.29) is 11.8 Å². The van der Waals surface area contributed by atoms with E-state index >= 15 is 0 Å². The van der Waals surface area contributed by atoms with E-state index in [1.54, 1.807) is 13.8 Å². The number of hydrogen-bond acceptors (Lipinski definition) is 2. The molecule has 0 aliphatic heterocycles. The molecule has 1 aromatic rings. The normalized spacial score (nSPS) is 14.9. The van der Waals surface area contributed by atoms with Crippen LogP contribution in [0, 0.1) is 5.92 Å². The van der Waals surface area contributed by atoms with Gasteiger partial charge in [-0.2, -0.15) is 0 Å². The first-order valence-electron chi connectivity index (χ1n) is 6.99. The van der Waals surface area contributed by atoms with Crippen molar-refractivity contribution in [3.8, 4) is 0 Å². The molecule has 0 bridgehead atoms. The lowest BCUT2D eigenvalue weighted by molar-refractivity contribution is -0.158. The van der Waals surface area contributed by atoms with Crippen LogP contribution < -0.4 is 0 Å². The number of rotatable bonds is 4. The maximum absolute atomic E-state index is 12.7. The van der Waals surface area contributed by atoms with Crippen LogP contribution in [0.1, 0.15) is 31.9 Å². The van der Waals surface area contributed by atoms with Gasteiger partial charge in [0, 0.05) is 12.5 Å². The van der Waals surface area contributed by atoms with Crippen molar-refractivity contribution in [2.24, 2.45) is 5.92 Å². The molecule has 4 nitrogen and oxygen atoms in total. The lowest BCUT2D eigenvalue weighted by atomic mass is 9.97. The Morgan fingerprint density at radius 3 is 2.15 bits per heavy atom. The molecule has 0 aromatic heterocycles. The van der Waals surface area contributed by atoms with Gasteiger partial charge in [0.05, 0.1) is 0 Å². The maximum atomic E-state index is 12.7. The summed E-state index contributed by atoms with van der Waals surface area (Å²) in [7, 11) is 0. The molecular formula is C16H21NO3. The smallest absolute Gasteiger partial charge is 0.329 e. The van der Waals surface area contributed by atoms with Crippen LogP contribution in [-0.2, 0) is 22.4 Å². The first-order valence-corrected chi connectivity index (χ1v) is 6.99. The molecule has 4 heteroatoms. The number of aliphatic carboxylic acids is 1. The van der Waals surface area contributed by atoms with E-state index in [1.807, 2.05) is 31.2 Å². The van der Waals surface area contributed by atoms with Crippen molar-refractivity contribution in [3.05, 3.63) is 35.4 Å². The Hall–Kier alpha value is -1.84. The van der Waals surface area contributed by atoms with Crippen LogP contribution in [0.4, 0.5) is 0 Å². The van der Waals surface area contributed by atoms with E-state index in [0.717, 1.165) is 0 Å². The number of nitrogens with zero attached hydrogens (tertiary/aromatic N) is 1. The number of amides is 1. The highest BCUT2D eigenvalue weighted by Gasteiger charge is 2.40. The molecule has 0 saturated carbocycles. The van der Waals surface area contributed by atoms with Crippen molar-refractivity contribution in [2.75, 3.05) is 6.54 Å². The third kappa shape index (κ3) is 2.42. The third-order valence-electron chi connectivity index (χ3n) is 4.18. The summed E-state index contributed by atoms with van der Waals surface area (Å²) >= 11 is 0. The summed E-state index contributed by atoms with van der Waals surface area (Å²) < 4.78 is 0. The predicted molar refractivity (Wildman–Crippen MR) is 76.4 cm³/mol. The Bertz CT molecular complexity index is 511. The topological polar surface area (TPSA) is 57.6 Å². The Morgan fingerprint density at radius 1 is 1.25 bits per heavy atom. The highest BCUT2D eigenvalue weighted by atomic mass is 16.4. The summed E-state index contributed by atoms with van der Waals surface area (Å²) in [5.74, 6) is -1.16. The van der Waals surface area contributed by atoms with E-state index in [9.17, 15) is 14.7 Å². The van der Waals surface area contributed by atoms with E-state index in [0.29, 0.717) is 19.4 Å². The predicted octanol–water partition coefficient (Wildman–Crippen LogP) is 2.11. The first kappa shape index (κ1) is 14.6. The van der Waals surface area contributed by atoms with E-state index in [1.165, 1.54) is 16.0 Å². The largest absolute Gasteiger partial charge is 0.480 e. The van der Waals surface area contributed by atoms with Crippen LogP contribution in [0.5, 0.6) is 0 Å². The van der Waals surface area contributed by atoms with Crippen LogP contribution in [0.15, 0.2) is 24.3 Å². The van der Waals surface area contributed by atoms with Gasteiger partial charge >= 0.3 is 5.97 Å². The number of hydrogen-bond donors (Lipinski definition) is 1. The minimum atomic E-state index is -1.17. The quantitative estimate of drug-likeness (QED) is 0.915. The molecule has 0 unspecified atom stereocenters. The number of carboxylic acid groups (broad SMARTS) is 1. The number of benzene rings is 1. The van der Waals surface area contributed by atoms with Crippen molar-refractivity contribution < 1.29 is 14.7 Å². The Morgan fingerprint density at radius 2 is 1.75 bits per heavy atom. The van der Waals surface area contributed by atoms with Gasteiger partial charge in [0.1, 0.15) is 5.54 Å². The average molecular weight is 275 g/mol. The van der Waals surface area contributed by atoms with E-state index in [2.05, 4.69) is 0 Å². The van der Waals surface area contributed by atoms with Crippen LogP contribution >= 0.6 is 0 Å². The molecule has 0 saturated heterocycles.